The lowest BCUT2D eigenvalue weighted by Crippen LogP contribution is -2.28. The zero-order chi connectivity index (χ0) is 14.9. The topological polar surface area (TPSA) is 51.1 Å². The van der Waals surface area contributed by atoms with E-state index in [1.165, 1.54) is 0 Å². The average Bonchev–Trinajstić information content (AvgIpc) is 3.19. The molecule has 2 rings (SSSR count). The van der Waals surface area contributed by atoms with E-state index in [0.29, 0.717) is 18.7 Å². The van der Waals surface area contributed by atoms with Gasteiger partial charge in [0.15, 0.2) is 5.78 Å². The van der Waals surface area contributed by atoms with Crippen LogP contribution in [-0.4, -0.2) is 28.2 Å². The molecule has 0 spiro atoms. The van der Waals surface area contributed by atoms with E-state index in [9.17, 15) is 9.59 Å². The molecule has 1 saturated carbocycles. The molecule has 110 valence electrons. The first-order valence-corrected chi connectivity index (χ1v) is 7.48. The summed E-state index contributed by atoms with van der Waals surface area (Å²) < 4.78 is 2.06. The first-order chi connectivity index (χ1) is 9.41. The summed E-state index contributed by atoms with van der Waals surface area (Å²) in [6, 6.07) is 1.87. The van der Waals surface area contributed by atoms with E-state index >= 15 is 0 Å². The molecule has 0 radical (unpaired) electrons. The molecule has 20 heavy (non-hydrogen) atoms. The highest BCUT2D eigenvalue weighted by molar-refractivity contribution is 6.33. The van der Waals surface area contributed by atoms with Crippen LogP contribution in [0.25, 0.3) is 0 Å². The highest BCUT2D eigenvalue weighted by atomic mass is 35.5. The summed E-state index contributed by atoms with van der Waals surface area (Å²) >= 11 is 5.87. The number of Topliss-reactive ketones (excluding diaryl/α,β-unsaturated/α-hetero) is 1. The molecule has 0 aliphatic heterocycles. The van der Waals surface area contributed by atoms with Crippen LogP contribution in [0.5, 0.6) is 0 Å². The summed E-state index contributed by atoms with van der Waals surface area (Å²) in [6.45, 7) is 6.84. The third-order valence-electron chi connectivity index (χ3n) is 3.78. The number of amides is 1. The van der Waals surface area contributed by atoms with Gasteiger partial charge in [-0.2, -0.15) is 0 Å². The van der Waals surface area contributed by atoms with Gasteiger partial charge in [0.25, 0.3) is 0 Å². The molecule has 1 amide bonds. The summed E-state index contributed by atoms with van der Waals surface area (Å²) in [6.07, 6.45) is 2.03. The second kappa shape index (κ2) is 6.00. The maximum absolute atomic E-state index is 12.0. The Morgan fingerprint density at radius 2 is 2.10 bits per heavy atom. The monoisotopic (exact) mass is 296 g/mol. The molecule has 1 aromatic heterocycles. The molecule has 0 aromatic carbocycles. The number of aryl methyl sites for hydroxylation is 1. The minimum atomic E-state index is -0.515. The van der Waals surface area contributed by atoms with Gasteiger partial charge in [-0.25, -0.2) is 0 Å². The van der Waals surface area contributed by atoms with E-state index in [2.05, 4.69) is 9.88 Å². The van der Waals surface area contributed by atoms with E-state index < -0.39 is 5.38 Å². The fourth-order valence-corrected chi connectivity index (χ4v) is 2.51. The van der Waals surface area contributed by atoms with E-state index in [1.54, 1.807) is 6.92 Å². The lowest BCUT2D eigenvalue weighted by Gasteiger charge is -2.11. The molecule has 1 fully saturated rings. The van der Waals surface area contributed by atoms with Crippen molar-refractivity contribution in [2.24, 2.45) is 5.92 Å². The van der Waals surface area contributed by atoms with Crippen molar-refractivity contribution in [1.29, 1.82) is 0 Å². The lowest BCUT2D eigenvalue weighted by molar-refractivity contribution is -0.122. The molecular formula is C15H21ClN2O2. The van der Waals surface area contributed by atoms with Crippen LogP contribution < -0.4 is 5.32 Å². The Balaban J connectivity index is 2.00. The molecule has 1 heterocycles. The van der Waals surface area contributed by atoms with E-state index in [-0.39, 0.29) is 17.6 Å². The van der Waals surface area contributed by atoms with Gasteiger partial charge in [0.2, 0.25) is 5.91 Å². The highest BCUT2D eigenvalue weighted by Crippen LogP contribution is 2.28. The number of nitrogens with zero attached hydrogens (tertiary/aromatic N) is 1. The Bertz CT molecular complexity index is 530. The summed E-state index contributed by atoms with van der Waals surface area (Å²) in [5.41, 5.74) is 2.61. The standard InChI is InChI=1S/C15H21ClN2O2/c1-9-8-13(14(19)10(2)16)11(3)18(9)7-6-17-15(20)12-4-5-12/h8,10,12H,4-7H2,1-3H3,(H,17,20). The third kappa shape index (κ3) is 3.23. The maximum atomic E-state index is 12.0. The number of halogens is 1. The number of hydrogen-bond acceptors (Lipinski definition) is 2. The molecule has 1 aromatic rings. The van der Waals surface area contributed by atoms with Gasteiger partial charge in [-0.05, 0) is 39.7 Å². The van der Waals surface area contributed by atoms with Crippen molar-refractivity contribution < 1.29 is 9.59 Å². The van der Waals surface area contributed by atoms with Crippen molar-refractivity contribution in [3.8, 4) is 0 Å². The Labute approximate surface area is 124 Å². The van der Waals surface area contributed by atoms with Crippen LogP contribution >= 0.6 is 11.6 Å². The number of rotatable bonds is 6. The molecule has 1 atom stereocenters. The largest absolute Gasteiger partial charge is 0.354 e. The smallest absolute Gasteiger partial charge is 0.223 e. The van der Waals surface area contributed by atoms with Crippen LogP contribution in [0, 0.1) is 19.8 Å². The summed E-state index contributed by atoms with van der Waals surface area (Å²) in [5.74, 6) is 0.335. The second-order valence-electron chi connectivity index (χ2n) is 5.48. The van der Waals surface area contributed by atoms with Crippen LogP contribution in [0.4, 0.5) is 0 Å². The van der Waals surface area contributed by atoms with Crippen molar-refractivity contribution in [2.45, 2.75) is 45.5 Å². The lowest BCUT2D eigenvalue weighted by atomic mass is 10.1. The van der Waals surface area contributed by atoms with Gasteiger partial charge >= 0.3 is 0 Å². The van der Waals surface area contributed by atoms with Gasteiger partial charge in [0.05, 0.1) is 5.38 Å². The number of aromatic nitrogens is 1. The molecular weight excluding hydrogens is 276 g/mol. The molecule has 4 nitrogen and oxygen atoms in total. The molecule has 1 aliphatic rings. The average molecular weight is 297 g/mol. The quantitative estimate of drug-likeness (QED) is 0.647. The van der Waals surface area contributed by atoms with E-state index in [0.717, 1.165) is 24.2 Å². The Morgan fingerprint density at radius 1 is 1.45 bits per heavy atom. The molecule has 1 N–H and O–H groups in total. The van der Waals surface area contributed by atoms with Gasteiger partial charge in [-0.3, -0.25) is 9.59 Å². The number of carbonyl (C=O) groups excluding carboxylic acids is 2. The molecule has 1 unspecified atom stereocenters. The van der Waals surface area contributed by atoms with Crippen molar-refractivity contribution in [3.05, 3.63) is 23.0 Å². The normalized spacial score (nSPS) is 16.0. The van der Waals surface area contributed by atoms with Crippen molar-refractivity contribution >= 4 is 23.3 Å². The third-order valence-corrected chi connectivity index (χ3v) is 3.98. The van der Waals surface area contributed by atoms with Gasteiger partial charge in [-0.15, -0.1) is 11.6 Å². The number of ketones is 1. The van der Waals surface area contributed by atoms with Crippen LogP contribution in [0.1, 0.15) is 41.5 Å². The van der Waals surface area contributed by atoms with Crippen LogP contribution in [0.15, 0.2) is 6.07 Å². The zero-order valence-corrected chi connectivity index (χ0v) is 13.0. The minimum absolute atomic E-state index is 0.0481. The van der Waals surface area contributed by atoms with E-state index in [1.807, 2.05) is 19.9 Å². The first kappa shape index (κ1) is 15.1. The fourth-order valence-electron chi connectivity index (χ4n) is 2.39. The van der Waals surface area contributed by atoms with Crippen molar-refractivity contribution in [2.75, 3.05) is 6.54 Å². The summed E-state index contributed by atoms with van der Waals surface area (Å²) in [7, 11) is 0. The number of alkyl halides is 1. The highest BCUT2D eigenvalue weighted by Gasteiger charge is 2.29. The van der Waals surface area contributed by atoms with Gasteiger partial charge in [-0.1, -0.05) is 0 Å². The Hall–Kier alpha value is -1.29. The second-order valence-corrected chi connectivity index (χ2v) is 6.14. The minimum Gasteiger partial charge on any atom is -0.354 e. The van der Waals surface area contributed by atoms with Crippen molar-refractivity contribution in [3.63, 3.8) is 0 Å². The summed E-state index contributed by atoms with van der Waals surface area (Å²) in [5, 5.41) is 2.42. The predicted octanol–water partition coefficient (Wildman–Crippen LogP) is 2.44. The molecule has 5 heteroatoms. The molecule has 0 saturated heterocycles. The van der Waals surface area contributed by atoms with Gasteiger partial charge in [0, 0.05) is 36.0 Å². The maximum Gasteiger partial charge on any atom is 0.223 e. The molecule has 0 bridgehead atoms. The predicted molar refractivity (Wildman–Crippen MR) is 79.3 cm³/mol. The van der Waals surface area contributed by atoms with Crippen molar-refractivity contribution in [1.82, 2.24) is 9.88 Å². The molecule has 1 aliphatic carbocycles. The SMILES string of the molecule is Cc1cc(C(=O)C(C)Cl)c(C)n1CCNC(=O)C1CC1. The zero-order valence-electron chi connectivity index (χ0n) is 12.2. The number of nitrogens with one attached hydrogen (secondary N) is 1. The van der Waals surface area contributed by atoms with Crippen LogP contribution in [0.3, 0.4) is 0 Å². The summed E-state index contributed by atoms with van der Waals surface area (Å²) in [4.78, 5) is 23.6. The van der Waals surface area contributed by atoms with Crippen LogP contribution in [0.2, 0.25) is 0 Å². The van der Waals surface area contributed by atoms with Gasteiger partial charge < -0.3 is 9.88 Å². The number of carbonyl (C=O) groups is 2. The fraction of sp³-hybridized carbons (Fsp3) is 0.600. The van der Waals surface area contributed by atoms with Gasteiger partial charge in [0.1, 0.15) is 0 Å². The first-order valence-electron chi connectivity index (χ1n) is 7.04. The van der Waals surface area contributed by atoms with Crippen LogP contribution in [-0.2, 0) is 11.3 Å². The van der Waals surface area contributed by atoms with E-state index in [4.69, 9.17) is 11.6 Å². The Morgan fingerprint density at radius 3 is 2.65 bits per heavy atom. The number of hydrogen-bond donors (Lipinski definition) is 1. The Kier molecular flexibility index (Phi) is 4.53.